The average molecular weight is 350 g/mol. The molecular weight excluding hydrogens is 320 g/mol. The van der Waals surface area contributed by atoms with E-state index in [-0.39, 0.29) is 11.9 Å². The van der Waals surface area contributed by atoms with Crippen LogP contribution in [0.25, 0.3) is 0 Å². The van der Waals surface area contributed by atoms with Crippen molar-refractivity contribution in [3.8, 4) is 0 Å². The van der Waals surface area contributed by atoms with Gasteiger partial charge in [0.05, 0.1) is 12.6 Å². The molecule has 3 rings (SSSR count). The zero-order valence-electron chi connectivity index (χ0n) is 15.3. The van der Waals surface area contributed by atoms with Crippen molar-refractivity contribution in [1.82, 2.24) is 30.3 Å². The molecule has 1 unspecified atom stereocenters. The highest BCUT2D eigenvalue weighted by Crippen LogP contribution is 2.41. The summed E-state index contributed by atoms with van der Waals surface area (Å²) in [7, 11) is 3.75. The Bertz CT molecular complexity index is 569. The fourth-order valence-electron chi connectivity index (χ4n) is 4.15. The number of methoxy groups -OCH3 is 1. The van der Waals surface area contributed by atoms with Gasteiger partial charge in [0.25, 0.3) is 0 Å². The number of carbonyl (C=O) groups is 1. The van der Waals surface area contributed by atoms with E-state index >= 15 is 0 Å². The fraction of sp³-hybridized carbons (Fsp3) is 0.824. The lowest BCUT2D eigenvalue weighted by Crippen LogP contribution is -2.42. The molecule has 1 spiro atoms. The summed E-state index contributed by atoms with van der Waals surface area (Å²) < 4.78 is 7.06. The van der Waals surface area contributed by atoms with E-state index in [0.29, 0.717) is 25.0 Å². The molecule has 3 heterocycles. The van der Waals surface area contributed by atoms with Crippen molar-refractivity contribution < 1.29 is 9.53 Å². The predicted molar refractivity (Wildman–Crippen MR) is 94.2 cm³/mol. The lowest BCUT2D eigenvalue weighted by Gasteiger charge is -2.33. The number of hydrogen-bond acceptors (Lipinski definition) is 6. The van der Waals surface area contributed by atoms with Crippen LogP contribution in [0.2, 0.25) is 0 Å². The van der Waals surface area contributed by atoms with Crippen LogP contribution in [0.5, 0.6) is 0 Å². The molecule has 8 nitrogen and oxygen atoms in total. The van der Waals surface area contributed by atoms with Crippen molar-refractivity contribution in [2.45, 2.75) is 38.3 Å². The highest BCUT2D eigenvalue weighted by molar-refractivity contribution is 5.82. The zero-order chi connectivity index (χ0) is 17.7. The van der Waals surface area contributed by atoms with Crippen molar-refractivity contribution in [1.29, 1.82) is 0 Å². The highest BCUT2D eigenvalue weighted by Gasteiger charge is 2.45. The first kappa shape index (κ1) is 18.3. The Balaban J connectivity index is 1.47. The number of ether oxygens (including phenoxy) is 1. The minimum atomic E-state index is -0.00976. The van der Waals surface area contributed by atoms with Crippen molar-refractivity contribution >= 4 is 5.91 Å². The quantitative estimate of drug-likeness (QED) is 0.700. The standard InChI is InChI=1S/C17H30N6O2/c1-22-12-17(4-7-18-8-5-17)11-14(22)16(24)19-6-3-15-21-20-13-23(15)9-10-25-2/h13-14,18H,3-12H2,1-2H3,(H,19,24). The van der Waals surface area contributed by atoms with E-state index in [1.54, 1.807) is 13.4 Å². The van der Waals surface area contributed by atoms with Gasteiger partial charge in [-0.05, 0) is 44.8 Å². The molecule has 2 fully saturated rings. The van der Waals surface area contributed by atoms with Gasteiger partial charge in [0.15, 0.2) is 0 Å². The Morgan fingerprint density at radius 3 is 3.04 bits per heavy atom. The first-order chi connectivity index (χ1) is 12.1. The zero-order valence-corrected chi connectivity index (χ0v) is 15.3. The van der Waals surface area contributed by atoms with E-state index in [1.165, 1.54) is 12.8 Å². The number of nitrogens with zero attached hydrogens (tertiary/aromatic N) is 4. The summed E-state index contributed by atoms with van der Waals surface area (Å²) in [5.41, 5.74) is 0.322. The Morgan fingerprint density at radius 1 is 1.48 bits per heavy atom. The van der Waals surface area contributed by atoms with Crippen LogP contribution in [-0.2, 0) is 22.5 Å². The molecule has 1 atom stereocenters. The van der Waals surface area contributed by atoms with Crippen LogP contribution in [0.1, 0.15) is 25.1 Å². The number of nitrogens with one attached hydrogen (secondary N) is 2. The summed E-state index contributed by atoms with van der Waals surface area (Å²) in [6, 6.07) is -0.00976. The number of hydrogen-bond donors (Lipinski definition) is 2. The van der Waals surface area contributed by atoms with Gasteiger partial charge in [0, 0.05) is 33.2 Å². The number of likely N-dealkylation sites (N-methyl/N-ethyl adjacent to an activating group) is 1. The maximum absolute atomic E-state index is 12.6. The normalized spacial score (nSPS) is 23.2. The SMILES string of the molecule is COCCn1cnnc1CCNC(=O)C1CC2(CCNCC2)CN1C. The molecule has 1 aromatic rings. The van der Waals surface area contributed by atoms with Crippen LogP contribution in [0.15, 0.2) is 6.33 Å². The highest BCUT2D eigenvalue weighted by atomic mass is 16.5. The Morgan fingerprint density at radius 2 is 2.28 bits per heavy atom. The smallest absolute Gasteiger partial charge is 0.237 e. The second-order valence-electron chi connectivity index (χ2n) is 7.36. The summed E-state index contributed by atoms with van der Waals surface area (Å²) in [4.78, 5) is 14.9. The van der Waals surface area contributed by atoms with Gasteiger partial charge in [0.2, 0.25) is 5.91 Å². The third-order valence-electron chi connectivity index (χ3n) is 5.59. The van der Waals surface area contributed by atoms with Crippen LogP contribution < -0.4 is 10.6 Å². The molecule has 0 radical (unpaired) electrons. The van der Waals surface area contributed by atoms with E-state index in [9.17, 15) is 4.79 Å². The second-order valence-corrected chi connectivity index (χ2v) is 7.36. The lowest BCUT2D eigenvalue weighted by molar-refractivity contribution is -0.125. The summed E-state index contributed by atoms with van der Waals surface area (Å²) >= 11 is 0. The van der Waals surface area contributed by atoms with Gasteiger partial charge < -0.3 is 19.9 Å². The molecule has 0 saturated carbocycles. The van der Waals surface area contributed by atoms with Crippen molar-refractivity contribution in [2.75, 3.05) is 46.9 Å². The second kappa shape index (κ2) is 8.25. The molecule has 2 N–H and O–H groups in total. The maximum Gasteiger partial charge on any atom is 0.237 e. The third-order valence-corrected chi connectivity index (χ3v) is 5.59. The number of aromatic nitrogens is 3. The first-order valence-corrected chi connectivity index (χ1v) is 9.18. The van der Waals surface area contributed by atoms with Crippen LogP contribution in [0.4, 0.5) is 0 Å². The monoisotopic (exact) mass is 350 g/mol. The molecule has 0 aliphatic carbocycles. The molecule has 1 aromatic heterocycles. The summed E-state index contributed by atoms with van der Waals surface area (Å²) in [5.74, 6) is 1.02. The molecule has 2 saturated heterocycles. The van der Waals surface area contributed by atoms with Crippen molar-refractivity contribution in [3.05, 3.63) is 12.2 Å². The molecule has 25 heavy (non-hydrogen) atoms. The fourth-order valence-corrected chi connectivity index (χ4v) is 4.15. The van der Waals surface area contributed by atoms with Gasteiger partial charge in [0.1, 0.15) is 12.2 Å². The summed E-state index contributed by atoms with van der Waals surface area (Å²) in [5, 5.41) is 14.6. The van der Waals surface area contributed by atoms with E-state index in [4.69, 9.17) is 4.74 Å². The van der Waals surface area contributed by atoms with Crippen LogP contribution in [0, 0.1) is 5.41 Å². The van der Waals surface area contributed by atoms with Gasteiger partial charge in [-0.2, -0.15) is 0 Å². The minimum absolute atomic E-state index is 0.00976. The third kappa shape index (κ3) is 4.37. The molecule has 0 aromatic carbocycles. The number of rotatable bonds is 7. The van der Waals surface area contributed by atoms with E-state index < -0.39 is 0 Å². The topological polar surface area (TPSA) is 84.3 Å². The van der Waals surface area contributed by atoms with Gasteiger partial charge in [-0.25, -0.2) is 0 Å². The molecule has 1 amide bonds. The molecule has 2 aliphatic rings. The number of likely N-dealkylation sites (tertiary alicyclic amines) is 1. The van der Waals surface area contributed by atoms with E-state index in [2.05, 4.69) is 32.8 Å². The first-order valence-electron chi connectivity index (χ1n) is 9.18. The molecular formula is C17H30N6O2. The Labute approximate surface area is 149 Å². The van der Waals surface area contributed by atoms with Crippen LogP contribution in [-0.4, -0.2) is 78.6 Å². The number of amides is 1. The minimum Gasteiger partial charge on any atom is -0.383 e. The largest absolute Gasteiger partial charge is 0.383 e. The van der Waals surface area contributed by atoms with Gasteiger partial charge in [-0.15, -0.1) is 10.2 Å². The molecule has 140 valence electrons. The Kier molecular flexibility index (Phi) is 6.03. The van der Waals surface area contributed by atoms with Crippen LogP contribution >= 0.6 is 0 Å². The summed E-state index contributed by atoms with van der Waals surface area (Å²) in [6.45, 7) is 5.11. The van der Waals surface area contributed by atoms with E-state index in [1.807, 2.05) is 4.57 Å². The average Bonchev–Trinajstić information content (AvgIpc) is 3.18. The molecule has 2 aliphatic heterocycles. The lowest BCUT2D eigenvalue weighted by atomic mass is 9.77. The van der Waals surface area contributed by atoms with Gasteiger partial charge in [-0.3, -0.25) is 9.69 Å². The van der Waals surface area contributed by atoms with Crippen molar-refractivity contribution in [2.24, 2.45) is 5.41 Å². The van der Waals surface area contributed by atoms with Crippen LogP contribution in [0.3, 0.4) is 0 Å². The predicted octanol–water partition coefficient (Wildman–Crippen LogP) is -0.343. The Hall–Kier alpha value is -1.51. The maximum atomic E-state index is 12.6. The molecule has 8 heteroatoms. The van der Waals surface area contributed by atoms with Gasteiger partial charge >= 0.3 is 0 Å². The molecule has 0 bridgehead atoms. The van der Waals surface area contributed by atoms with Gasteiger partial charge in [-0.1, -0.05) is 0 Å². The number of piperidine rings is 1. The summed E-state index contributed by atoms with van der Waals surface area (Å²) in [6.07, 6.45) is 5.71. The number of carbonyl (C=O) groups excluding carboxylic acids is 1. The van der Waals surface area contributed by atoms with Crippen molar-refractivity contribution in [3.63, 3.8) is 0 Å². The van der Waals surface area contributed by atoms with E-state index in [0.717, 1.165) is 38.4 Å².